The molecule has 0 heteroatoms. The van der Waals surface area contributed by atoms with Crippen LogP contribution in [0.1, 0.15) is 6.92 Å². The Morgan fingerprint density at radius 1 is 0.123 bits per heavy atom. The molecular formula is C65H3-. The lowest BCUT2D eigenvalue weighted by atomic mass is 10.4. The summed E-state index contributed by atoms with van der Waals surface area (Å²) in [5.74, 6) is 156. The van der Waals surface area contributed by atoms with Gasteiger partial charge in [-0.2, -0.15) is 0 Å². The maximum atomic E-state index is 6.57. The van der Waals surface area contributed by atoms with Crippen LogP contribution in [0, 0.1) is 379 Å². The average Bonchev–Trinajstić information content (AvgIpc) is 3.32. The van der Waals surface area contributed by atoms with Crippen molar-refractivity contribution in [1.82, 2.24) is 0 Å². The van der Waals surface area contributed by atoms with E-state index in [2.05, 4.69) is 367 Å². The molecule has 264 valence electrons. The molecule has 0 spiro atoms. The minimum atomic E-state index is 1.68. The lowest BCUT2D eigenvalue weighted by Gasteiger charge is -1.63. The Labute approximate surface area is 384 Å². The normalized spacial score (nSPS) is 3.94. The minimum Gasteiger partial charge on any atom is -0.358 e. The van der Waals surface area contributed by atoms with Crippen molar-refractivity contribution in [1.29, 1.82) is 0 Å². The fraction of sp³-hybridized carbons (Fsp3) is 0.0154. The predicted octanol–water partition coefficient (Wildman–Crippen LogP) is 0.701. The highest BCUT2D eigenvalue weighted by atomic mass is 13.6. The Hall–Kier alpha value is -14.1. The molecule has 0 aliphatic rings. The molecule has 0 unspecified atom stereocenters. The van der Waals surface area contributed by atoms with Crippen molar-refractivity contribution in [2.24, 2.45) is 0 Å². The lowest BCUT2D eigenvalue weighted by molar-refractivity contribution is 1.92. The maximum Gasteiger partial charge on any atom is 0 e. The molecule has 0 atom stereocenters. The molecule has 65 heavy (non-hydrogen) atoms. The van der Waals surface area contributed by atoms with Gasteiger partial charge in [0, 0.05) is 255 Å². The first-order chi connectivity index (χ1) is 32.4. The van der Waals surface area contributed by atoms with Gasteiger partial charge in [0.15, 0.2) is 0 Å². The highest BCUT2D eigenvalue weighted by Gasteiger charge is 1.63. The van der Waals surface area contributed by atoms with Crippen LogP contribution < -0.4 is 0 Å². The minimum absolute atomic E-state index is 1.68. The molecule has 0 rings (SSSR count). The van der Waals surface area contributed by atoms with Crippen molar-refractivity contribution < 1.29 is 0 Å². The SMILES string of the molecule is [C-]#CC#CC#CC#CC#CC#CC#CC#CC#CC#CC#CC#CC#CC#CC#CC#CC#CC#CC#CC#CC#CC#CC#CC#CC#CC#CC#CC#CC#CC#CC#CC#CC. The Kier molecular flexibility index (Phi) is 39.1. The van der Waals surface area contributed by atoms with Crippen molar-refractivity contribution in [3.05, 3.63) is 6.42 Å². The molecule has 0 aromatic rings. The van der Waals surface area contributed by atoms with Gasteiger partial charge in [0.2, 0.25) is 0 Å². The first-order valence-corrected chi connectivity index (χ1v) is 16.2. The molecule has 0 bridgehead atoms. The van der Waals surface area contributed by atoms with E-state index in [0.717, 1.165) is 0 Å². The van der Waals surface area contributed by atoms with E-state index >= 15 is 0 Å². The first-order valence-electron chi connectivity index (χ1n) is 16.2. The summed E-state index contributed by atoms with van der Waals surface area (Å²) in [5, 5.41) is 0. The van der Waals surface area contributed by atoms with Crippen LogP contribution in [0.5, 0.6) is 0 Å². The van der Waals surface area contributed by atoms with Gasteiger partial charge in [0.25, 0.3) is 0 Å². The van der Waals surface area contributed by atoms with E-state index in [1.54, 1.807) is 6.92 Å². The van der Waals surface area contributed by atoms with E-state index in [1.165, 1.54) is 0 Å². The van der Waals surface area contributed by atoms with Crippen LogP contribution in [0.4, 0.5) is 0 Å². The average molecular weight is 784 g/mol. The summed E-state index contributed by atoms with van der Waals surface area (Å²) < 4.78 is 0. The van der Waals surface area contributed by atoms with Gasteiger partial charge in [-0.05, 0) is 102 Å². The van der Waals surface area contributed by atoms with E-state index in [1.807, 2.05) is 5.92 Å². The van der Waals surface area contributed by atoms with Crippen molar-refractivity contribution >= 4 is 0 Å². The van der Waals surface area contributed by atoms with E-state index in [-0.39, 0.29) is 0 Å². The molecule has 0 aromatic heterocycles. The third-order valence-corrected chi connectivity index (χ3v) is 3.94. The van der Waals surface area contributed by atoms with Gasteiger partial charge in [-0.1, -0.05) is 5.92 Å². The Balaban J connectivity index is 4.59. The zero-order valence-electron chi connectivity index (χ0n) is 33.0. The molecule has 0 N–H and O–H groups in total. The fourth-order valence-electron chi connectivity index (χ4n) is 1.94. The van der Waals surface area contributed by atoms with Gasteiger partial charge in [-0.3, -0.25) is 5.92 Å². The fourth-order valence-corrected chi connectivity index (χ4v) is 1.94. The molecule has 0 aliphatic heterocycles. The van der Waals surface area contributed by atoms with E-state index in [9.17, 15) is 0 Å². The highest BCUT2D eigenvalue weighted by molar-refractivity contribution is 5.52. The summed E-state index contributed by atoms with van der Waals surface area (Å²) in [6.45, 7) is 1.68. The zero-order chi connectivity index (χ0) is 46.5. The number of hydrogen-bond donors (Lipinski definition) is 0. The Bertz CT molecular complexity index is 4200. The van der Waals surface area contributed by atoms with Gasteiger partial charge in [-0.25, -0.2) is 5.92 Å². The monoisotopic (exact) mass is 783 g/mol. The van der Waals surface area contributed by atoms with Gasteiger partial charge < -0.3 is 6.42 Å². The molecule has 0 aromatic carbocycles. The second-order valence-electron chi connectivity index (χ2n) is 8.00. The van der Waals surface area contributed by atoms with Crippen LogP contribution in [0.2, 0.25) is 0 Å². The molecule has 0 aliphatic carbocycles. The van der Waals surface area contributed by atoms with Crippen molar-refractivity contribution in [2.75, 3.05) is 0 Å². The summed E-state index contributed by atoms with van der Waals surface area (Å²) in [6.07, 6.45) is 6.57. The van der Waals surface area contributed by atoms with Crippen molar-refractivity contribution in [3.63, 3.8) is 0 Å². The van der Waals surface area contributed by atoms with Crippen molar-refractivity contribution in [3.8, 4) is 373 Å². The molecule has 0 heterocycles. The summed E-state index contributed by atoms with van der Waals surface area (Å²) in [4.78, 5) is 0. The van der Waals surface area contributed by atoms with E-state index < -0.39 is 0 Å². The third kappa shape index (κ3) is 49.9. The van der Waals surface area contributed by atoms with Gasteiger partial charge in [0.05, 0.1) is 0 Å². The summed E-state index contributed by atoms with van der Waals surface area (Å²) in [7, 11) is 0. The van der Waals surface area contributed by atoms with Crippen molar-refractivity contribution in [2.45, 2.75) is 6.92 Å². The second-order valence-corrected chi connectivity index (χ2v) is 8.00. The van der Waals surface area contributed by atoms with Gasteiger partial charge in [0.1, 0.15) is 0 Å². The van der Waals surface area contributed by atoms with Crippen LogP contribution in [-0.4, -0.2) is 0 Å². The number of hydrogen-bond acceptors (Lipinski definition) is 0. The summed E-state index contributed by atoms with van der Waals surface area (Å²) in [5.41, 5.74) is 0. The van der Waals surface area contributed by atoms with Crippen LogP contribution in [-0.2, 0) is 0 Å². The number of rotatable bonds is 0. The zero-order valence-corrected chi connectivity index (χ0v) is 33.0. The second kappa shape index (κ2) is 49.9. The third-order valence-electron chi connectivity index (χ3n) is 3.94. The first kappa shape index (κ1) is 50.9. The van der Waals surface area contributed by atoms with Gasteiger partial charge in [-0.15, -0.1) is 5.92 Å². The highest BCUT2D eigenvalue weighted by Crippen LogP contribution is 1.64. The van der Waals surface area contributed by atoms with Gasteiger partial charge >= 0.3 is 0 Å². The molecule has 0 nitrogen and oxygen atoms in total. The van der Waals surface area contributed by atoms with E-state index in [4.69, 9.17) is 6.42 Å². The standard InChI is InChI=1S/C65H3/c1-3-5-7-9-11-13-15-17-19-21-23-25-27-29-31-33-35-37-39-41-43-45-47-49-51-53-55-57-59-61-63-65-64-62-60-58-56-54-52-50-48-46-44-42-40-38-36-34-32-30-28-26-24-22-20-18-16-14-12-10-8-6-4-2/h1H3/q-1. The topological polar surface area (TPSA) is 0 Å². The smallest absolute Gasteiger partial charge is 0 e. The quantitative estimate of drug-likeness (QED) is 0.251. The van der Waals surface area contributed by atoms with Crippen LogP contribution in [0.15, 0.2) is 0 Å². The Morgan fingerprint density at radius 2 is 0.200 bits per heavy atom. The molecule has 0 amide bonds. The Morgan fingerprint density at radius 3 is 0.277 bits per heavy atom. The maximum absolute atomic E-state index is 6.57. The summed E-state index contributed by atoms with van der Waals surface area (Å²) >= 11 is 0. The van der Waals surface area contributed by atoms with Crippen LogP contribution >= 0.6 is 0 Å². The molecule has 0 radical (unpaired) electrons. The summed E-state index contributed by atoms with van der Waals surface area (Å²) in [6, 6.07) is 0. The molecule has 0 fully saturated rings. The van der Waals surface area contributed by atoms with Crippen LogP contribution in [0.3, 0.4) is 0 Å². The molecule has 0 saturated heterocycles. The van der Waals surface area contributed by atoms with E-state index in [0.29, 0.717) is 0 Å². The lowest BCUT2D eigenvalue weighted by Crippen LogP contribution is -1.57. The van der Waals surface area contributed by atoms with Crippen LogP contribution in [0.25, 0.3) is 0 Å². The molecule has 0 saturated carbocycles. The predicted molar refractivity (Wildman–Crippen MR) is 254 cm³/mol. The molecular weight excluding hydrogens is 781 g/mol. The largest absolute Gasteiger partial charge is 0.358 e.